The Morgan fingerprint density at radius 2 is 1.86 bits per heavy atom. The van der Waals surface area contributed by atoms with Crippen molar-refractivity contribution < 1.29 is 19.0 Å². The maximum atomic E-state index is 13.0. The summed E-state index contributed by atoms with van der Waals surface area (Å²) in [6.45, 7) is 2.98. The second-order valence-corrected chi connectivity index (χ2v) is 4.93. The Bertz CT molecular complexity index is 660. The molecule has 0 saturated heterocycles. The molecule has 0 saturated carbocycles. The number of halogens is 1. The smallest absolute Gasteiger partial charge is 0.163 e. The van der Waals surface area contributed by atoms with Gasteiger partial charge in [-0.1, -0.05) is 6.07 Å². The lowest BCUT2D eigenvalue weighted by Gasteiger charge is -2.21. The van der Waals surface area contributed by atoms with Crippen LogP contribution in [0.25, 0.3) is 0 Å². The Morgan fingerprint density at radius 1 is 1.10 bits per heavy atom. The van der Waals surface area contributed by atoms with Crippen molar-refractivity contribution in [1.82, 2.24) is 0 Å². The number of nitrogens with one attached hydrogen (secondary N) is 1. The highest BCUT2D eigenvalue weighted by Crippen LogP contribution is 2.34. The molecular formula is C16H16FNO3. The first-order valence-corrected chi connectivity index (χ1v) is 6.78. The van der Waals surface area contributed by atoms with Crippen molar-refractivity contribution >= 4 is 5.69 Å². The molecule has 0 aliphatic carbocycles. The number of phenolic OH excluding ortho intramolecular Hbond substituents is 1. The van der Waals surface area contributed by atoms with E-state index in [2.05, 4.69) is 5.32 Å². The van der Waals surface area contributed by atoms with E-state index < -0.39 is 5.82 Å². The summed E-state index contributed by atoms with van der Waals surface area (Å²) in [5.74, 6) is 0.904. The minimum atomic E-state index is -0.456. The van der Waals surface area contributed by atoms with Crippen molar-refractivity contribution in [1.29, 1.82) is 0 Å². The lowest BCUT2D eigenvalue weighted by molar-refractivity contribution is 0.171. The second-order valence-electron chi connectivity index (χ2n) is 4.93. The fourth-order valence-electron chi connectivity index (χ4n) is 2.34. The molecule has 2 aromatic carbocycles. The zero-order chi connectivity index (χ0) is 14.8. The van der Waals surface area contributed by atoms with Gasteiger partial charge in [0.05, 0.1) is 6.04 Å². The van der Waals surface area contributed by atoms with Gasteiger partial charge in [-0.25, -0.2) is 4.39 Å². The molecule has 0 fully saturated rings. The third-order valence-corrected chi connectivity index (χ3v) is 3.38. The second kappa shape index (κ2) is 5.52. The number of hydrogen-bond donors (Lipinski definition) is 2. The molecule has 2 aromatic rings. The van der Waals surface area contributed by atoms with Gasteiger partial charge in [0.2, 0.25) is 0 Å². The lowest BCUT2D eigenvalue weighted by Crippen LogP contribution is -2.15. The number of ether oxygens (including phenoxy) is 2. The first-order chi connectivity index (χ1) is 10.1. The van der Waals surface area contributed by atoms with E-state index in [9.17, 15) is 9.50 Å². The molecule has 0 radical (unpaired) electrons. The van der Waals surface area contributed by atoms with E-state index in [0.29, 0.717) is 24.5 Å². The summed E-state index contributed by atoms with van der Waals surface area (Å²) in [6, 6.07) is 9.41. The molecule has 110 valence electrons. The summed E-state index contributed by atoms with van der Waals surface area (Å²) in [6.07, 6.45) is 0. The van der Waals surface area contributed by atoms with Crippen LogP contribution in [0.1, 0.15) is 18.5 Å². The van der Waals surface area contributed by atoms with E-state index in [1.54, 1.807) is 6.07 Å². The molecule has 1 aliphatic heterocycles. The standard InChI is InChI=1S/C16H16FNO3/c1-10(13-4-2-11(17)8-14(13)19)18-12-3-5-15-16(9-12)21-7-6-20-15/h2-5,8-10,18-19H,6-7H2,1H3. The normalized spacial score (nSPS) is 14.6. The van der Waals surface area contributed by atoms with Gasteiger partial charge in [0.1, 0.15) is 24.8 Å². The van der Waals surface area contributed by atoms with Gasteiger partial charge < -0.3 is 19.9 Å². The Morgan fingerprint density at radius 3 is 2.62 bits per heavy atom. The maximum Gasteiger partial charge on any atom is 0.163 e. The summed E-state index contributed by atoms with van der Waals surface area (Å²) < 4.78 is 24.0. The monoisotopic (exact) mass is 289 g/mol. The van der Waals surface area contributed by atoms with Crippen molar-refractivity contribution in [3.8, 4) is 17.2 Å². The number of phenols is 1. The molecule has 21 heavy (non-hydrogen) atoms. The Kier molecular flexibility index (Phi) is 3.56. The zero-order valence-corrected chi connectivity index (χ0v) is 11.6. The first kappa shape index (κ1) is 13.5. The summed E-state index contributed by atoms with van der Waals surface area (Å²) in [5, 5.41) is 13.1. The minimum absolute atomic E-state index is 0.0625. The molecule has 0 aromatic heterocycles. The molecule has 0 spiro atoms. The van der Waals surface area contributed by atoms with Crippen LogP contribution in [-0.2, 0) is 0 Å². The highest BCUT2D eigenvalue weighted by atomic mass is 19.1. The molecule has 1 heterocycles. The summed E-state index contributed by atoms with van der Waals surface area (Å²) in [7, 11) is 0. The Balaban J connectivity index is 1.79. The number of anilines is 1. The van der Waals surface area contributed by atoms with Gasteiger partial charge >= 0.3 is 0 Å². The van der Waals surface area contributed by atoms with Crippen LogP contribution in [0.15, 0.2) is 36.4 Å². The molecule has 3 rings (SSSR count). The van der Waals surface area contributed by atoms with E-state index >= 15 is 0 Å². The first-order valence-electron chi connectivity index (χ1n) is 6.78. The highest BCUT2D eigenvalue weighted by Gasteiger charge is 2.14. The number of rotatable bonds is 3. The van der Waals surface area contributed by atoms with E-state index in [0.717, 1.165) is 17.5 Å². The summed E-state index contributed by atoms with van der Waals surface area (Å²) in [5.41, 5.74) is 1.47. The number of hydrogen-bond acceptors (Lipinski definition) is 4. The number of aromatic hydroxyl groups is 1. The molecule has 4 nitrogen and oxygen atoms in total. The largest absolute Gasteiger partial charge is 0.507 e. The van der Waals surface area contributed by atoms with Crippen molar-refractivity contribution in [2.75, 3.05) is 18.5 Å². The average Bonchev–Trinajstić information content (AvgIpc) is 2.47. The van der Waals surface area contributed by atoms with Crippen molar-refractivity contribution in [2.24, 2.45) is 0 Å². The van der Waals surface area contributed by atoms with Gasteiger partial charge in [0.15, 0.2) is 11.5 Å². The van der Waals surface area contributed by atoms with Crippen LogP contribution in [-0.4, -0.2) is 18.3 Å². The summed E-state index contributed by atoms with van der Waals surface area (Å²) in [4.78, 5) is 0. The molecule has 5 heteroatoms. The minimum Gasteiger partial charge on any atom is -0.507 e. The van der Waals surface area contributed by atoms with Crippen molar-refractivity contribution in [3.05, 3.63) is 47.8 Å². The van der Waals surface area contributed by atoms with Gasteiger partial charge in [-0.15, -0.1) is 0 Å². The molecule has 2 N–H and O–H groups in total. The van der Waals surface area contributed by atoms with Crippen LogP contribution in [0.5, 0.6) is 17.2 Å². The molecular weight excluding hydrogens is 273 g/mol. The number of benzene rings is 2. The summed E-state index contributed by atoms with van der Waals surface area (Å²) >= 11 is 0. The maximum absolute atomic E-state index is 13.0. The van der Waals surface area contributed by atoms with Gasteiger partial charge in [0, 0.05) is 23.4 Å². The van der Waals surface area contributed by atoms with Crippen LogP contribution < -0.4 is 14.8 Å². The fourth-order valence-corrected chi connectivity index (χ4v) is 2.34. The van der Waals surface area contributed by atoms with Gasteiger partial charge in [-0.05, 0) is 25.1 Å². The van der Waals surface area contributed by atoms with Crippen LogP contribution in [0, 0.1) is 5.82 Å². The molecule has 1 aliphatic rings. The van der Waals surface area contributed by atoms with E-state index in [1.165, 1.54) is 6.07 Å². The van der Waals surface area contributed by atoms with Gasteiger partial charge in [0.25, 0.3) is 0 Å². The average molecular weight is 289 g/mol. The highest BCUT2D eigenvalue weighted by molar-refractivity contribution is 5.56. The third kappa shape index (κ3) is 2.86. The predicted octanol–water partition coefficient (Wildman–Crippen LogP) is 3.48. The number of fused-ring (bicyclic) bond motifs is 1. The van der Waals surface area contributed by atoms with Crippen molar-refractivity contribution in [3.63, 3.8) is 0 Å². The Labute approximate surface area is 122 Å². The fraction of sp³-hybridized carbons (Fsp3) is 0.250. The van der Waals surface area contributed by atoms with Crippen LogP contribution in [0.3, 0.4) is 0 Å². The SMILES string of the molecule is CC(Nc1ccc2c(c1)OCCO2)c1ccc(F)cc1O. The van der Waals surface area contributed by atoms with Crippen LogP contribution in [0.4, 0.5) is 10.1 Å². The van der Waals surface area contributed by atoms with E-state index in [4.69, 9.17) is 9.47 Å². The molecule has 1 atom stereocenters. The topological polar surface area (TPSA) is 50.7 Å². The van der Waals surface area contributed by atoms with Crippen LogP contribution >= 0.6 is 0 Å². The Hall–Kier alpha value is -2.43. The molecule has 0 amide bonds. The predicted molar refractivity (Wildman–Crippen MR) is 77.5 cm³/mol. The lowest BCUT2D eigenvalue weighted by atomic mass is 10.1. The van der Waals surface area contributed by atoms with E-state index in [1.807, 2.05) is 25.1 Å². The van der Waals surface area contributed by atoms with Gasteiger partial charge in [-0.3, -0.25) is 0 Å². The zero-order valence-electron chi connectivity index (χ0n) is 11.6. The quantitative estimate of drug-likeness (QED) is 0.908. The molecule has 1 unspecified atom stereocenters. The van der Waals surface area contributed by atoms with Crippen molar-refractivity contribution in [2.45, 2.75) is 13.0 Å². The third-order valence-electron chi connectivity index (χ3n) is 3.38. The van der Waals surface area contributed by atoms with E-state index in [-0.39, 0.29) is 11.8 Å². The molecule has 0 bridgehead atoms. The van der Waals surface area contributed by atoms with Gasteiger partial charge in [-0.2, -0.15) is 0 Å². The van der Waals surface area contributed by atoms with Crippen LogP contribution in [0.2, 0.25) is 0 Å².